The highest BCUT2D eigenvalue weighted by molar-refractivity contribution is 7.80. The zero-order valence-corrected chi connectivity index (χ0v) is 15.2. The van der Waals surface area contributed by atoms with Gasteiger partial charge in [-0.1, -0.05) is 0 Å². The molecule has 0 radical (unpaired) electrons. The third-order valence-corrected chi connectivity index (χ3v) is 5.03. The largest absolute Gasteiger partial charge is 0.478 e. The molecule has 0 atom stereocenters. The highest BCUT2D eigenvalue weighted by Gasteiger charge is 2.33. The number of carbonyl (C=O) groups is 2. The molecule has 2 aromatic rings. The lowest BCUT2D eigenvalue weighted by Gasteiger charge is -2.30. The van der Waals surface area contributed by atoms with Crippen LogP contribution in [0.5, 0.6) is 0 Å². The molecule has 1 amide bonds. The zero-order chi connectivity index (χ0) is 18.2. The molecule has 25 heavy (non-hydrogen) atoms. The fraction of sp³-hybridized carbons (Fsp3) is 0.312. The number of carbonyl (C=O) groups excluding carboxylic acids is 1. The first-order chi connectivity index (χ1) is 11.8. The van der Waals surface area contributed by atoms with Crippen molar-refractivity contribution in [3.05, 3.63) is 40.2 Å². The van der Waals surface area contributed by atoms with Crippen LogP contribution in [-0.2, 0) is 17.8 Å². The Bertz CT molecular complexity index is 839. The Morgan fingerprint density at radius 3 is 2.80 bits per heavy atom. The van der Waals surface area contributed by atoms with Gasteiger partial charge in [0.2, 0.25) is 0 Å². The van der Waals surface area contributed by atoms with Gasteiger partial charge in [0, 0.05) is 11.3 Å². The van der Waals surface area contributed by atoms with Crippen LogP contribution < -0.4 is 10.6 Å². The minimum atomic E-state index is -1.04. The highest BCUT2D eigenvalue weighted by atomic mass is 32.1. The molecule has 0 spiro atoms. The van der Waals surface area contributed by atoms with Gasteiger partial charge in [-0.15, -0.1) is 11.3 Å². The van der Waals surface area contributed by atoms with E-state index in [2.05, 4.69) is 10.6 Å². The molecule has 3 N–H and O–H groups in total. The fourth-order valence-electron chi connectivity index (χ4n) is 2.57. The predicted octanol–water partition coefficient (Wildman–Crippen LogP) is 3.02. The number of carboxylic acids is 1. The van der Waals surface area contributed by atoms with Crippen LogP contribution in [0.4, 0.5) is 5.00 Å². The molecule has 3 rings (SSSR count). The molecular weight excluding hydrogens is 364 g/mol. The molecule has 3 heterocycles. The van der Waals surface area contributed by atoms with Crippen molar-refractivity contribution in [2.24, 2.45) is 0 Å². The monoisotopic (exact) mass is 380 g/mol. The molecule has 7 nitrogen and oxygen atoms in total. The van der Waals surface area contributed by atoms with E-state index in [1.807, 2.05) is 13.8 Å². The number of nitrogens with one attached hydrogen (secondary N) is 2. The van der Waals surface area contributed by atoms with Gasteiger partial charge in [0.15, 0.2) is 10.9 Å². The van der Waals surface area contributed by atoms with Gasteiger partial charge in [-0.05, 0) is 43.8 Å². The normalized spacial score (nSPS) is 15.3. The van der Waals surface area contributed by atoms with Gasteiger partial charge < -0.3 is 19.6 Å². The van der Waals surface area contributed by atoms with E-state index in [1.54, 1.807) is 6.07 Å². The lowest BCUT2D eigenvalue weighted by molar-refractivity contribution is -0.0384. The Kier molecular flexibility index (Phi) is 4.63. The van der Waals surface area contributed by atoms with Gasteiger partial charge in [0.25, 0.3) is 5.91 Å². The summed E-state index contributed by atoms with van der Waals surface area (Å²) in [6.07, 6.45) is 1.87. The van der Waals surface area contributed by atoms with Crippen molar-refractivity contribution >= 4 is 45.5 Å². The van der Waals surface area contributed by atoms with Crippen molar-refractivity contribution < 1.29 is 23.8 Å². The van der Waals surface area contributed by atoms with Gasteiger partial charge in [-0.25, -0.2) is 4.79 Å². The average molecular weight is 380 g/mol. The predicted molar refractivity (Wildman–Crippen MR) is 96.2 cm³/mol. The van der Waals surface area contributed by atoms with Gasteiger partial charge in [0.1, 0.15) is 5.00 Å². The number of hydrogen-bond acceptors (Lipinski definition) is 6. The smallest absolute Gasteiger partial charge is 0.339 e. The van der Waals surface area contributed by atoms with Crippen molar-refractivity contribution in [1.29, 1.82) is 0 Å². The second kappa shape index (κ2) is 6.58. The number of aromatic carboxylic acids is 1. The van der Waals surface area contributed by atoms with E-state index >= 15 is 0 Å². The van der Waals surface area contributed by atoms with Crippen LogP contribution in [0, 0.1) is 0 Å². The number of rotatable bonds is 3. The summed E-state index contributed by atoms with van der Waals surface area (Å²) in [6, 6.07) is 3.09. The van der Waals surface area contributed by atoms with Gasteiger partial charge in [0.05, 0.1) is 24.0 Å². The second-order valence-corrected chi connectivity index (χ2v) is 7.64. The lowest BCUT2D eigenvalue weighted by Crippen LogP contribution is -2.34. The lowest BCUT2D eigenvalue weighted by atomic mass is 9.93. The molecule has 1 aliphatic heterocycles. The summed E-state index contributed by atoms with van der Waals surface area (Å²) >= 11 is 6.38. The van der Waals surface area contributed by atoms with Crippen LogP contribution in [0.1, 0.15) is 45.2 Å². The Hall–Kier alpha value is -2.23. The Labute approximate surface area is 153 Å². The van der Waals surface area contributed by atoms with Gasteiger partial charge in [-0.2, -0.15) is 0 Å². The van der Waals surface area contributed by atoms with E-state index in [4.69, 9.17) is 21.4 Å². The number of carboxylic acid groups (broad SMARTS) is 1. The van der Waals surface area contributed by atoms with Crippen molar-refractivity contribution in [3.63, 3.8) is 0 Å². The van der Waals surface area contributed by atoms with E-state index in [1.165, 1.54) is 23.7 Å². The molecule has 0 saturated heterocycles. The van der Waals surface area contributed by atoms with E-state index in [9.17, 15) is 14.7 Å². The quantitative estimate of drug-likeness (QED) is 0.704. The Balaban J connectivity index is 1.81. The van der Waals surface area contributed by atoms with Crippen LogP contribution in [0.15, 0.2) is 22.8 Å². The molecule has 0 bridgehead atoms. The number of thiophene rings is 1. The summed E-state index contributed by atoms with van der Waals surface area (Å²) in [5.41, 5.74) is 0.492. The first kappa shape index (κ1) is 17.6. The SMILES string of the molecule is CC1(C)Cc2c(sc(NC(=S)NC(=O)c3ccco3)c2C(=O)O)CO1. The zero-order valence-electron chi connectivity index (χ0n) is 13.5. The maximum absolute atomic E-state index is 11.9. The van der Waals surface area contributed by atoms with Crippen molar-refractivity contribution in [1.82, 2.24) is 5.32 Å². The summed E-state index contributed by atoms with van der Waals surface area (Å²) < 4.78 is 10.7. The number of fused-ring (bicyclic) bond motifs is 1. The summed E-state index contributed by atoms with van der Waals surface area (Å²) in [7, 11) is 0. The molecule has 9 heteroatoms. The van der Waals surface area contributed by atoms with Crippen LogP contribution in [-0.4, -0.2) is 27.7 Å². The second-order valence-electron chi connectivity index (χ2n) is 6.12. The molecule has 0 saturated carbocycles. The topological polar surface area (TPSA) is 101 Å². The maximum Gasteiger partial charge on any atom is 0.339 e. The van der Waals surface area contributed by atoms with Crippen molar-refractivity contribution in [2.75, 3.05) is 5.32 Å². The molecule has 0 aromatic carbocycles. The Morgan fingerprint density at radius 1 is 1.40 bits per heavy atom. The van der Waals surface area contributed by atoms with Gasteiger partial charge in [-0.3, -0.25) is 10.1 Å². The number of amides is 1. The molecular formula is C16H16N2O5S2. The summed E-state index contributed by atoms with van der Waals surface area (Å²) in [5.74, 6) is -1.44. The standard InChI is InChI=1S/C16H16N2O5S2/c1-16(2)6-8-10(7-23-16)25-13(11(8)14(20)21)18-15(24)17-12(19)9-4-3-5-22-9/h3-5H,6-7H2,1-2H3,(H,20,21)(H2,17,18,19,24). The van der Waals surface area contributed by atoms with Crippen LogP contribution in [0.3, 0.4) is 0 Å². The van der Waals surface area contributed by atoms with Crippen molar-refractivity contribution in [3.8, 4) is 0 Å². The highest BCUT2D eigenvalue weighted by Crippen LogP contribution is 2.40. The average Bonchev–Trinajstić information content (AvgIpc) is 3.13. The number of furan rings is 1. The minimum Gasteiger partial charge on any atom is -0.478 e. The maximum atomic E-state index is 11.9. The fourth-order valence-corrected chi connectivity index (χ4v) is 3.96. The van der Waals surface area contributed by atoms with Crippen LogP contribution >= 0.6 is 23.6 Å². The van der Waals surface area contributed by atoms with Crippen molar-refractivity contribution in [2.45, 2.75) is 32.5 Å². The molecule has 0 aliphatic carbocycles. The van der Waals surface area contributed by atoms with E-state index in [-0.39, 0.29) is 16.4 Å². The third-order valence-electron chi connectivity index (χ3n) is 3.70. The number of anilines is 1. The van der Waals surface area contributed by atoms with Gasteiger partial charge >= 0.3 is 5.97 Å². The van der Waals surface area contributed by atoms with Crippen LogP contribution in [0.25, 0.3) is 0 Å². The minimum absolute atomic E-state index is 0.00248. The molecule has 0 fully saturated rings. The molecule has 2 aromatic heterocycles. The first-order valence-electron chi connectivity index (χ1n) is 7.44. The number of ether oxygens (including phenoxy) is 1. The number of thiocarbonyl (C=S) groups is 1. The molecule has 132 valence electrons. The van der Waals surface area contributed by atoms with E-state index in [0.717, 1.165) is 10.4 Å². The summed E-state index contributed by atoms with van der Waals surface area (Å²) in [5, 5.41) is 15.3. The van der Waals surface area contributed by atoms with E-state index < -0.39 is 17.5 Å². The summed E-state index contributed by atoms with van der Waals surface area (Å²) in [6.45, 7) is 4.18. The molecule has 0 unspecified atom stereocenters. The number of hydrogen-bond donors (Lipinski definition) is 3. The van der Waals surface area contributed by atoms with Crippen LogP contribution in [0.2, 0.25) is 0 Å². The summed E-state index contributed by atoms with van der Waals surface area (Å²) in [4.78, 5) is 24.5. The third kappa shape index (κ3) is 3.73. The molecule has 1 aliphatic rings. The first-order valence-corrected chi connectivity index (χ1v) is 8.67. The Morgan fingerprint density at radius 2 is 2.16 bits per heavy atom. The van der Waals surface area contributed by atoms with E-state index in [0.29, 0.717) is 18.0 Å².